The highest BCUT2D eigenvalue weighted by Gasteiger charge is 2.29. The standard InChI is InChI=1S/C23H28N4O4S2/c1-15-7-6-8-18(13-15)26(5)33(29,30)20-14-19(25(4)17(20)3)22-24-16(2)21(32-22)23(28)27-9-11-31-12-10-27/h6-8,13-14H,9-12H2,1-5H3. The molecule has 0 unspecified atom stereocenters. The summed E-state index contributed by atoms with van der Waals surface area (Å²) in [7, 11) is -0.411. The molecule has 0 radical (unpaired) electrons. The summed E-state index contributed by atoms with van der Waals surface area (Å²) in [4.78, 5) is 20.2. The molecule has 0 N–H and O–H groups in total. The predicted octanol–water partition coefficient (Wildman–Crippen LogP) is 3.37. The monoisotopic (exact) mass is 488 g/mol. The highest BCUT2D eigenvalue weighted by Crippen LogP contribution is 2.34. The first-order chi connectivity index (χ1) is 15.6. The number of aromatic nitrogens is 2. The second-order valence-electron chi connectivity index (χ2n) is 8.19. The van der Waals surface area contributed by atoms with Crippen LogP contribution in [0.15, 0.2) is 35.2 Å². The summed E-state index contributed by atoms with van der Waals surface area (Å²) in [5, 5.41) is 0.620. The Morgan fingerprint density at radius 2 is 1.85 bits per heavy atom. The van der Waals surface area contributed by atoms with Gasteiger partial charge in [0.25, 0.3) is 15.9 Å². The van der Waals surface area contributed by atoms with Gasteiger partial charge >= 0.3 is 0 Å². The molecule has 1 aliphatic rings. The van der Waals surface area contributed by atoms with Gasteiger partial charge < -0.3 is 14.2 Å². The van der Waals surface area contributed by atoms with Gasteiger partial charge in [-0.15, -0.1) is 11.3 Å². The third-order valence-corrected chi connectivity index (χ3v) is 9.07. The summed E-state index contributed by atoms with van der Waals surface area (Å²) in [6.07, 6.45) is 0. The number of carbonyl (C=O) groups is 1. The Bertz CT molecular complexity index is 1300. The molecule has 3 aromatic rings. The lowest BCUT2D eigenvalue weighted by atomic mass is 10.2. The Balaban J connectivity index is 1.70. The molecule has 33 heavy (non-hydrogen) atoms. The van der Waals surface area contributed by atoms with Crippen LogP contribution in [0.3, 0.4) is 0 Å². The number of morpholine rings is 1. The molecule has 1 amide bonds. The molecule has 2 aromatic heterocycles. The van der Waals surface area contributed by atoms with Crippen LogP contribution in [-0.2, 0) is 21.8 Å². The van der Waals surface area contributed by atoms with Crippen molar-refractivity contribution in [3.63, 3.8) is 0 Å². The number of aryl methyl sites for hydroxylation is 2. The van der Waals surface area contributed by atoms with Crippen molar-refractivity contribution >= 4 is 33.0 Å². The molecule has 0 spiro atoms. The zero-order chi connectivity index (χ0) is 23.9. The fraction of sp³-hybridized carbons (Fsp3) is 0.391. The van der Waals surface area contributed by atoms with Gasteiger partial charge in [0.2, 0.25) is 0 Å². The Morgan fingerprint density at radius 1 is 1.15 bits per heavy atom. The third-order valence-electron chi connectivity index (χ3n) is 6.00. The van der Waals surface area contributed by atoms with Gasteiger partial charge in [0.1, 0.15) is 14.8 Å². The molecular weight excluding hydrogens is 460 g/mol. The van der Waals surface area contributed by atoms with E-state index in [2.05, 4.69) is 4.98 Å². The minimum atomic E-state index is -3.79. The second kappa shape index (κ2) is 8.92. The lowest BCUT2D eigenvalue weighted by Crippen LogP contribution is -2.40. The third kappa shape index (κ3) is 4.30. The number of anilines is 1. The quantitative estimate of drug-likeness (QED) is 0.550. The number of sulfonamides is 1. The number of thiazole rings is 1. The topological polar surface area (TPSA) is 84.7 Å². The van der Waals surface area contributed by atoms with Crippen LogP contribution in [0.1, 0.15) is 26.6 Å². The van der Waals surface area contributed by atoms with Crippen LogP contribution in [-0.4, -0.2) is 62.1 Å². The number of carbonyl (C=O) groups excluding carboxylic acids is 1. The lowest BCUT2D eigenvalue weighted by Gasteiger charge is -2.26. The summed E-state index contributed by atoms with van der Waals surface area (Å²) in [6, 6.07) is 9.03. The molecule has 8 nitrogen and oxygen atoms in total. The minimum Gasteiger partial charge on any atom is -0.378 e. The molecule has 3 heterocycles. The summed E-state index contributed by atoms with van der Waals surface area (Å²) in [5.74, 6) is -0.0579. The van der Waals surface area contributed by atoms with E-state index in [-0.39, 0.29) is 10.8 Å². The molecule has 4 rings (SSSR count). The summed E-state index contributed by atoms with van der Waals surface area (Å²) in [6.45, 7) is 7.70. The lowest BCUT2D eigenvalue weighted by molar-refractivity contribution is 0.0305. The van der Waals surface area contributed by atoms with Crippen molar-refractivity contribution in [1.82, 2.24) is 14.5 Å². The summed E-state index contributed by atoms with van der Waals surface area (Å²) in [5.41, 5.74) is 3.50. The van der Waals surface area contributed by atoms with Crippen molar-refractivity contribution < 1.29 is 17.9 Å². The SMILES string of the molecule is Cc1cccc(N(C)S(=O)(=O)c2cc(-c3nc(C)c(C(=O)N4CCOCC4)s3)n(C)c2C)c1. The van der Waals surface area contributed by atoms with Crippen LogP contribution >= 0.6 is 11.3 Å². The smallest absolute Gasteiger partial charge is 0.266 e. The zero-order valence-corrected chi connectivity index (χ0v) is 21.1. The van der Waals surface area contributed by atoms with Gasteiger partial charge in [0.15, 0.2) is 0 Å². The molecule has 10 heteroatoms. The van der Waals surface area contributed by atoms with Crippen LogP contribution in [0.25, 0.3) is 10.7 Å². The van der Waals surface area contributed by atoms with E-state index in [0.717, 1.165) is 5.56 Å². The Kier molecular flexibility index (Phi) is 6.35. The number of nitrogens with zero attached hydrogens (tertiary/aromatic N) is 4. The molecule has 0 aliphatic carbocycles. The molecule has 1 saturated heterocycles. The highest BCUT2D eigenvalue weighted by molar-refractivity contribution is 7.92. The number of hydrogen-bond donors (Lipinski definition) is 0. The Hall–Kier alpha value is -2.69. The maximum atomic E-state index is 13.5. The molecule has 1 aliphatic heterocycles. The number of rotatable bonds is 5. The maximum absolute atomic E-state index is 13.5. The maximum Gasteiger partial charge on any atom is 0.266 e. The van der Waals surface area contributed by atoms with E-state index >= 15 is 0 Å². The van der Waals surface area contributed by atoms with Gasteiger partial charge in [-0.25, -0.2) is 13.4 Å². The van der Waals surface area contributed by atoms with E-state index in [4.69, 9.17) is 4.74 Å². The number of amides is 1. The van der Waals surface area contributed by atoms with Crippen molar-refractivity contribution in [3.05, 3.63) is 52.2 Å². The van der Waals surface area contributed by atoms with Crippen LogP contribution < -0.4 is 4.31 Å². The molecule has 1 fully saturated rings. The van der Waals surface area contributed by atoms with Crippen molar-refractivity contribution in [2.75, 3.05) is 37.7 Å². The van der Waals surface area contributed by atoms with Crippen LogP contribution in [0.2, 0.25) is 0 Å². The number of ether oxygens (including phenoxy) is 1. The van der Waals surface area contributed by atoms with Gasteiger partial charge in [-0.3, -0.25) is 9.10 Å². The van der Waals surface area contributed by atoms with E-state index in [1.807, 2.05) is 43.7 Å². The average molecular weight is 489 g/mol. The average Bonchev–Trinajstić information content (AvgIpc) is 3.33. The van der Waals surface area contributed by atoms with Crippen LogP contribution in [0.5, 0.6) is 0 Å². The fourth-order valence-corrected chi connectivity index (χ4v) is 6.41. The Labute approximate surface area is 198 Å². The first-order valence-electron chi connectivity index (χ1n) is 10.7. The van der Waals surface area contributed by atoms with Gasteiger partial charge in [0.05, 0.1) is 30.3 Å². The van der Waals surface area contributed by atoms with E-state index in [1.54, 1.807) is 31.0 Å². The van der Waals surface area contributed by atoms with E-state index in [9.17, 15) is 13.2 Å². The zero-order valence-electron chi connectivity index (χ0n) is 19.5. The van der Waals surface area contributed by atoms with Crippen LogP contribution in [0.4, 0.5) is 5.69 Å². The fourth-order valence-electron chi connectivity index (χ4n) is 3.86. The highest BCUT2D eigenvalue weighted by atomic mass is 32.2. The van der Waals surface area contributed by atoms with Gasteiger partial charge in [-0.05, 0) is 44.5 Å². The van der Waals surface area contributed by atoms with E-state index < -0.39 is 10.0 Å². The van der Waals surface area contributed by atoms with E-state index in [1.165, 1.54) is 15.6 Å². The predicted molar refractivity (Wildman–Crippen MR) is 129 cm³/mol. The largest absolute Gasteiger partial charge is 0.378 e. The van der Waals surface area contributed by atoms with Crippen LogP contribution in [0, 0.1) is 20.8 Å². The molecule has 1 aromatic carbocycles. The summed E-state index contributed by atoms with van der Waals surface area (Å²) < 4.78 is 35.4. The van der Waals surface area contributed by atoms with Crippen molar-refractivity contribution in [2.45, 2.75) is 25.7 Å². The molecular formula is C23H28N4O4S2. The first-order valence-corrected chi connectivity index (χ1v) is 12.9. The molecule has 0 saturated carbocycles. The summed E-state index contributed by atoms with van der Waals surface area (Å²) >= 11 is 1.30. The van der Waals surface area contributed by atoms with Gasteiger partial charge in [-0.2, -0.15) is 0 Å². The number of benzene rings is 1. The Morgan fingerprint density at radius 3 is 2.52 bits per heavy atom. The number of hydrogen-bond acceptors (Lipinski definition) is 6. The first kappa shape index (κ1) is 23.5. The van der Waals surface area contributed by atoms with E-state index in [0.29, 0.717) is 59.0 Å². The van der Waals surface area contributed by atoms with Gasteiger partial charge in [-0.1, -0.05) is 12.1 Å². The minimum absolute atomic E-state index is 0.0579. The molecule has 176 valence electrons. The van der Waals surface area contributed by atoms with Crippen molar-refractivity contribution in [2.24, 2.45) is 7.05 Å². The molecule has 0 atom stereocenters. The van der Waals surface area contributed by atoms with Crippen molar-refractivity contribution in [3.8, 4) is 10.7 Å². The second-order valence-corrected chi connectivity index (χ2v) is 11.1. The van der Waals surface area contributed by atoms with Crippen molar-refractivity contribution in [1.29, 1.82) is 0 Å². The normalized spacial score (nSPS) is 14.5. The van der Waals surface area contributed by atoms with Gasteiger partial charge in [0, 0.05) is 32.9 Å². The molecule has 0 bridgehead atoms.